The molecule has 1 heterocycles. The van der Waals surface area contributed by atoms with Crippen molar-refractivity contribution in [3.05, 3.63) is 23.9 Å². The first kappa shape index (κ1) is 13.7. The van der Waals surface area contributed by atoms with E-state index in [1.807, 2.05) is 13.8 Å². The second-order valence-electron chi connectivity index (χ2n) is 4.29. The van der Waals surface area contributed by atoms with E-state index in [0.29, 0.717) is 6.54 Å². The molecule has 0 spiro atoms. The van der Waals surface area contributed by atoms with Gasteiger partial charge in [-0.05, 0) is 18.1 Å². The number of rotatable bonds is 4. The van der Waals surface area contributed by atoms with Gasteiger partial charge in [-0.3, -0.25) is 9.35 Å². The fourth-order valence-electron chi connectivity index (χ4n) is 1.71. The number of hydrogen-bond donors (Lipinski definition) is 2. The van der Waals surface area contributed by atoms with Crippen molar-refractivity contribution < 1.29 is 17.8 Å². The molecule has 1 rings (SSSR count). The number of hydrogen-bond acceptors (Lipinski definition) is 4. The second kappa shape index (κ2) is 4.89. The molecule has 1 aliphatic heterocycles. The standard InChI is InChI=1S/C10H16N2O4S/c1-7(2)6-12-5-3-4-8(9(11)13)10(12)17(14,15)16/h3-5,7,10H,6H2,1-2H3,(H2,11,13)(H,14,15,16). The number of nitrogens with zero attached hydrogens (tertiary/aromatic N) is 1. The lowest BCUT2D eigenvalue weighted by molar-refractivity contribution is -0.115. The van der Waals surface area contributed by atoms with Gasteiger partial charge in [-0.1, -0.05) is 13.8 Å². The monoisotopic (exact) mass is 260 g/mol. The van der Waals surface area contributed by atoms with E-state index in [1.54, 1.807) is 0 Å². The molecule has 1 atom stereocenters. The normalized spacial score (nSPS) is 20.6. The summed E-state index contributed by atoms with van der Waals surface area (Å²) in [4.78, 5) is 12.5. The van der Waals surface area contributed by atoms with E-state index in [4.69, 9.17) is 5.73 Å². The Morgan fingerprint density at radius 2 is 2.18 bits per heavy atom. The molecule has 0 radical (unpaired) electrons. The van der Waals surface area contributed by atoms with Gasteiger partial charge in [0.15, 0.2) is 5.37 Å². The van der Waals surface area contributed by atoms with Gasteiger partial charge in [-0.15, -0.1) is 0 Å². The third-order valence-electron chi connectivity index (χ3n) is 2.26. The summed E-state index contributed by atoms with van der Waals surface area (Å²) in [6.07, 6.45) is 4.35. The summed E-state index contributed by atoms with van der Waals surface area (Å²) in [5.41, 5.74) is 4.97. The van der Waals surface area contributed by atoms with Crippen LogP contribution in [0.25, 0.3) is 0 Å². The van der Waals surface area contributed by atoms with Crippen LogP contribution in [0.1, 0.15) is 13.8 Å². The molecule has 7 heteroatoms. The maximum Gasteiger partial charge on any atom is 0.290 e. The molecule has 1 aliphatic rings. The molecule has 0 aromatic heterocycles. The lowest BCUT2D eigenvalue weighted by atomic mass is 10.1. The van der Waals surface area contributed by atoms with E-state index >= 15 is 0 Å². The minimum absolute atomic E-state index is 0.129. The molecule has 0 saturated carbocycles. The van der Waals surface area contributed by atoms with Gasteiger partial charge in [-0.2, -0.15) is 8.42 Å². The predicted molar refractivity (Wildman–Crippen MR) is 63.3 cm³/mol. The Bertz CT molecular complexity index is 465. The van der Waals surface area contributed by atoms with E-state index in [9.17, 15) is 17.8 Å². The summed E-state index contributed by atoms with van der Waals surface area (Å²) in [6, 6.07) is 0. The summed E-state index contributed by atoms with van der Waals surface area (Å²) in [5, 5.41) is -1.41. The maximum absolute atomic E-state index is 11.3. The maximum atomic E-state index is 11.3. The van der Waals surface area contributed by atoms with E-state index in [1.165, 1.54) is 23.3 Å². The van der Waals surface area contributed by atoms with Crippen LogP contribution in [0.5, 0.6) is 0 Å². The van der Waals surface area contributed by atoms with E-state index in [0.717, 1.165) is 0 Å². The molecule has 96 valence electrons. The Kier molecular flexibility index (Phi) is 3.94. The molecule has 0 fully saturated rings. The third kappa shape index (κ3) is 3.31. The van der Waals surface area contributed by atoms with Gasteiger partial charge >= 0.3 is 0 Å². The SMILES string of the molecule is CC(C)CN1C=CC=C(C(N)=O)C1S(=O)(=O)O. The number of primary amides is 1. The highest BCUT2D eigenvalue weighted by Gasteiger charge is 2.36. The minimum Gasteiger partial charge on any atom is -0.366 e. The molecule has 17 heavy (non-hydrogen) atoms. The largest absolute Gasteiger partial charge is 0.366 e. The van der Waals surface area contributed by atoms with E-state index in [2.05, 4.69) is 0 Å². The van der Waals surface area contributed by atoms with Gasteiger partial charge in [0.25, 0.3) is 10.1 Å². The molecular formula is C10H16N2O4S. The van der Waals surface area contributed by atoms with Gasteiger partial charge in [0.2, 0.25) is 5.91 Å². The fourth-order valence-corrected chi connectivity index (χ4v) is 2.72. The Labute approximate surface area is 101 Å². The number of nitrogens with two attached hydrogens (primary N) is 1. The van der Waals surface area contributed by atoms with Crippen LogP contribution in [-0.2, 0) is 14.9 Å². The molecule has 0 saturated heterocycles. The summed E-state index contributed by atoms with van der Waals surface area (Å²) < 4.78 is 31.8. The molecule has 1 amide bonds. The highest BCUT2D eigenvalue weighted by Crippen LogP contribution is 2.22. The molecule has 0 aromatic rings. The lowest BCUT2D eigenvalue weighted by Crippen LogP contribution is -2.45. The highest BCUT2D eigenvalue weighted by molar-refractivity contribution is 7.86. The molecular weight excluding hydrogens is 244 g/mol. The van der Waals surface area contributed by atoms with E-state index < -0.39 is 21.4 Å². The van der Waals surface area contributed by atoms with Crippen LogP contribution in [0, 0.1) is 5.92 Å². The average Bonchev–Trinajstić information content (AvgIpc) is 2.14. The zero-order valence-electron chi connectivity index (χ0n) is 9.70. The smallest absolute Gasteiger partial charge is 0.290 e. The summed E-state index contributed by atoms with van der Waals surface area (Å²) >= 11 is 0. The van der Waals surface area contributed by atoms with Gasteiger partial charge < -0.3 is 10.6 Å². The lowest BCUT2D eigenvalue weighted by Gasteiger charge is -2.32. The Morgan fingerprint density at radius 1 is 1.59 bits per heavy atom. The topological polar surface area (TPSA) is 101 Å². The van der Waals surface area contributed by atoms with Crippen LogP contribution >= 0.6 is 0 Å². The number of amides is 1. The van der Waals surface area contributed by atoms with Crippen molar-refractivity contribution in [2.45, 2.75) is 19.2 Å². The molecule has 6 nitrogen and oxygen atoms in total. The first-order chi connectivity index (χ1) is 7.73. The van der Waals surface area contributed by atoms with Crippen LogP contribution in [-0.4, -0.2) is 35.7 Å². The highest BCUT2D eigenvalue weighted by atomic mass is 32.2. The van der Waals surface area contributed by atoms with Crippen molar-refractivity contribution in [1.82, 2.24) is 4.90 Å². The fraction of sp³-hybridized carbons (Fsp3) is 0.500. The average molecular weight is 260 g/mol. The van der Waals surface area contributed by atoms with Gasteiger partial charge in [0.05, 0.1) is 5.57 Å². The first-order valence-electron chi connectivity index (χ1n) is 5.13. The zero-order chi connectivity index (χ0) is 13.2. The third-order valence-corrected chi connectivity index (χ3v) is 3.35. The summed E-state index contributed by atoms with van der Waals surface area (Å²) in [5.74, 6) is -0.679. The molecule has 3 N–H and O–H groups in total. The van der Waals surface area contributed by atoms with Gasteiger partial charge in [-0.25, -0.2) is 0 Å². The summed E-state index contributed by atoms with van der Waals surface area (Å²) in [7, 11) is -4.41. The molecule has 0 aromatic carbocycles. The first-order valence-corrected chi connectivity index (χ1v) is 6.64. The number of carbonyl (C=O) groups is 1. The predicted octanol–water partition coefficient (Wildman–Crippen LogP) is 0.0973. The van der Waals surface area contributed by atoms with Crippen molar-refractivity contribution in [1.29, 1.82) is 0 Å². The second-order valence-corrected chi connectivity index (χ2v) is 5.76. The van der Waals surface area contributed by atoms with Gasteiger partial charge in [0, 0.05) is 12.7 Å². The van der Waals surface area contributed by atoms with Crippen molar-refractivity contribution in [3.8, 4) is 0 Å². The zero-order valence-corrected chi connectivity index (χ0v) is 10.5. The Morgan fingerprint density at radius 3 is 2.59 bits per heavy atom. The molecule has 0 aliphatic carbocycles. The van der Waals surface area contributed by atoms with Crippen molar-refractivity contribution in [2.75, 3.05) is 6.54 Å². The number of allylic oxidation sites excluding steroid dienone is 2. The molecule has 0 bridgehead atoms. The van der Waals surface area contributed by atoms with Crippen LogP contribution in [0.2, 0.25) is 0 Å². The van der Waals surface area contributed by atoms with Crippen LogP contribution in [0.4, 0.5) is 0 Å². The van der Waals surface area contributed by atoms with Crippen molar-refractivity contribution in [2.24, 2.45) is 11.7 Å². The molecule has 1 unspecified atom stereocenters. The number of carbonyl (C=O) groups excluding carboxylic acids is 1. The van der Waals surface area contributed by atoms with E-state index in [-0.39, 0.29) is 11.5 Å². The minimum atomic E-state index is -4.41. The van der Waals surface area contributed by atoms with Crippen molar-refractivity contribution >= 4 is 16.0 Å². The van der Waals surface area contributed by atoms with Crippen LogP contribution in [0.3, 0.4) is 0 Å². The van der Waals surface area contributed by atoms with Gasteiger partial charge in [0.1, 0.15) is 0 Å². The van der Waals surface area contributed by atoms with Crippen LogP contribution < -0.4 is 5.73 Å². The van der Waals surface area contributed by atoms with Crippen molar-refractivity contribution in [3.63, 3.8) is 0 Å². The quantitative estimate of drug-likeness (QED) is 0.698. The summed E-state index contributed by atoms with van der Waals surface area (Å²) in [6.45, 7) is 4.19. The Balaban J connectivity index is 3.14. The Hall–Kier alpha value is -1.34. The van der Waals surface area contributed by atoms with Crippen LogP contribution in [0.15, 0.2) is 23.9 Å².